The minimum atomic E-state index is -1.15. The number of carboxylic acids is 1. The molecule has 7 nitrogen and oxygen atoms in total. The Bertz CT molecular complexity index is 859. The molecule has 0 saturated carbocycles. The maximum Gasteiger partial charge on any atom is 0.371 e. The lowest BCUT2D eigenvalue weighted by Gasteiger charge is -2.30. The Morgan fingerprint density at radius 2 is 1.97 bits per heavy atom. The summed E-state index contributed by atoms with van der Waals surface area (Å²) in [5, 5.41) is 19.5. The Morgan fingerprint density at radius 3 is 2.57 bits per heavy atom. The van der Waals surface area contributed by atoms with Gasteiger partial charge in [-0.2, -0.15) is 0 Å². The molecular weight excluding hydrogens is 386 g/mol. The van der Waals surface area contributed by atoms with E-state index in [-0.39, 0.29) is 17.7 Å². The SMILES string of the molecule is CCCCCC(O)c1ccc(N2C(=O)CCC2[C@@H](OC)c2ccc(C(=O)O)o2)cc1. The zero-order valence-electron chi connectivity index (χ0n) is 17.4. The van der Waals surface area contributed by atoms with E-state index in [0.29, 0.717) is 25.0 Å². The first-order chi connectivity index (χ1) is 14.5. The van der Waals surface area contributed by atoms with Crippen LogP contribution in [0.4, 0.5) is 5.69 Å². The zero-order chi connectivity index (χ0) is 21.7. The van der Waals surface area contributed by atoms with Gasteiger partial charge in [-0.1, -0.05) is 38.3 Å². The third-order valence-electron chi connectivity index (χ3n) is 5.61. The molecule has 1 amide bonds. The third-order valence-corrected chi connectivity index (χ3v) is 5.61. The van der Waals surface area contributed by atoms with Crippen LogP contribution in [0.3, 0.4) is 0 Å². The Kier molecular flexibility index (Phi) is 7.29. The van der Waals surface area contributed by atoms with Crippen molar-refractivity contribution in [2.45, 2.75) is 63.7 Å². The molecule has 3 rings (SSSR count). The van der Waals surface area contributed by atoms with Crippen molar-refractivity contribution < 1.29 is 29.0 Å². The lowest BCUT2D eigenvalue weighted by Crippen LogP contribution is -2.37. The molecule has 2 unspecified atom stereocenters. The van der Waals surface area contributed by atoms with Crippen molar-refractivity contribution in [3.05, 3.63) is 53.5 Å². The van der Waals surface area contributed by atoms with Crippen LogP contribution in [0, 0.1) is 0 Å². The van der Waals surface area contributed by atoms with Crippen LogP contribution in [0.25, 0.3) is 0 Å². The van der Waals surface area contributed by atoms with E-state index in [1.165, 1.54) is 13.2 Å². The summed E-state index contributed by atoms with van der Waals surface area (Å²) >= 11 is 0. The van der Waals surface area contributed by atoms with E-state index in [4.69, 9.17) is 14.3 Å². The molecule has 1 saturated heterocycles. The first-order valence-electron chi connectivity index (χ1n) is 10.4. The maximum atomic E-state index is 12.6. The molecule has 1 aromatic carbocycles. The fourth-order valence-electron chi connectivity index (χ4n) is 4.02. The number of carbonyl (C=O) groups excluding carboxylic acids is 1. The number of methoxy groups -OCH3 is 1. The molecule has 1 aliphatic heterocycles. The molecule has 2 aromatic rings. The number of nitrogens with zero attached hydrogens (tertiary/aromatic N) is 1. The number of aliphatic hydroxyl groups is 1. The quantitative estimate of drug-likeness (QED) is 0.555. The number of hydrogen-bond donors (Lipinski definition) is 2. The maximum absolute atomic E-state index is 12.6. The number of anilines is 1. The van der Waals surface area contributed by atoms with E-state index in [9.17, 15) is 14.7 Å². The molecule has 162 valence electrons. The summed E-state index contributed by atoms with van der Waals surface area (Å²) in [6.45, 7) is 2.13. The number of benzene rings is 1. The lowest BCUT2D eigenvalue weighted by atomic mass is 10.0. The average Bonchev–Trinajstić information content (AvgIpc) is 3.37. The van der Waals surface area contributed by atoms with Gasteiger partial charge in [-0.25, -0.2) is 4.79 Å². The van der Waals surface area contributed by atoms with Crippen LogP contribution in [0.15, 0.2) is 40.8 Å². The van der Waals surface area contributed by atoms with Gasteiger partial charge in [0.2, 0.25) is 11.7 Å². The predicted octanol–water partition coefficient (Wildman–Crippen LogP) is 4.47. The van der Waals surface area contributed by atoms with Gasteiger partial charge in [-0.3, -0.25) is 4.79 Å². The van der Waals surface area contributed by atoms with Gasteiger partial charge >= 0.3 is 5.97 Å². The Morgan fingerprint density at radius 1 is 1.23 bits per heavy atom. The molecule has 0 aliphatic carbocycles. The second-order valence-electron chi connectivity index (χ2n) is 7.64. The van der Waals surface area contributed by atoms with Crippen LogP contribution in [0.1, 0.15) is 79.5 Å². The number of aromatic carboxylic acids is 1. The Hall–Kier alpha value is -2.64. The highest BCUT2D eigenvalue weighted by Crippen LogP contribution is 2.37. The summed E-state index contributed by atoms with van der Waals surface area (Å²) in [4.78, 5) is 25.5. The van der Waals surface area contributed by atoms with E-state index in [0.717, 1.165) is 30.5 Å². The van der Waals surface area contributed by atoms with E-state index in [1.807, 2.05) is 24.3 Å². The van der Waals surface area contributed by atoms with Gasteiger partial charge in [0.05, 0.1) is 12.1 Å². The normalized spacial score (nSPS) is 18.6. The second-order valence-corrected chi connectivity index (χ2v) is 7.64. The van der Waals surface area contributed by atoms with Gasteiger partial charge in [0.1, 0.15) is 11.9 Å². The molecule has 1 aliphatic rings. The van der Waals surface area contributed by atoms with Crippen LogP contribution >= 0.6 is 0 Å². The van der Waals surface area contributed by atoms with E-state index < -0.39 is 18.2 Å². The number of carboxylic acid groups (broad SMARTS) is 1. The van der Waals surface area contributed by atoms with Gasteiger partial charge in [0.25, 0.3) is 0 Å². The van der Waals surface area contributed by atoms with Crippen LogP contribution in [-0.4, -0.2) is 35.2 Å². The molecule has 1 aromatic heterocycles. The molecule has 7 heteroatoms. The van der Waals surface area contributed by atoms with Crippen molar-refractivity contribution in [2.75, 3.05) is 12.0 Å². The largest absolute Gasteiger partial charge is 0.475 e. The highest BCUT2D eigenvalue weighted by atomic mass is 16.5. The van der Waals surface area contributed by atoms with Crippen molar-refractivity contribution in [3.8, 4) is 0 Å². The molecule has 0 spiro atoms. The molecule has 0 radical (unpaired) electrons. The topological polar surface area (TPSA) is 100 Å². The number of ether oxygens (including phenoxy) is 1. The van der Waals surface area contributed by atoms with Crippen LogP contribution in [-0.2, 0) is 9.53 Å². The third kappa shape index (κ3) is 4.74. The van der Waals surface area contributed by atoms with Crippen molar-refractivity contribution in [2.24, 2.45) is 0 Å². The average molecular weight is 415 g/mol. The summed E-state index contributed by atoms with van der Waals surface area (Å²) in [5.74, 6) is -0.959. The van der Waals surface area contributed by atoms with Gasteiger partial charge in [0.15, 0.2) is 0 Å². The number of furan rings is 1. The monoisotopic (exact) mass is 415 g/mol. The number of carbonyl (C=O) groups is 2. The summed E-state index contributed by atoms with van der Waals surface area (Å²) in [6, 6.07) is 10.0. The minimum absolute atomic E-state index is 0.0247. The molecule has 30 heavy (non-hydrogen) atoms. The van der Waals surface area contributed by atoms with Crippen LogP contribution < -0.4 is 4.90 Å². The first kappa shape index (κ1) is 22.1. The number of rotatable bonds is 10. The lowest BCUT2D eigenvalue weighted by molar-refractivity contribution is -0.117. The van der Waals surface area contributed by atoms with E-state index >= 15 is 0 Å². The highest BCUT2D eigenvalue weighted by Gasteiger charge is 2.40. The van der Waals surface area contributed by atoms with Gasteiger partial charge in [-0.15, -0.1) is 0 Å². The Labute approximate surface area is 176 Å². The van der Waals surface area contributed by atoms with Crippen LogP contribution in [0.2, 0.25) is 0 Å². The number of aliphatic hydroxyl groups excluding tert-OH is 1. The van der Waals surface area contributed by atoms with Crippen molar-refractivity contribution in [3.63, 3.8) is 0 Å². The molecule has 2 N–H and O–H groups in total. The smallest absolute Gasteiger partial charge is 0.371 e. The summed E-state index contributed by atoms with van der Waals surface area (Å²) in [7, 11) is 1.52. The highest BCUT2D eigenvalue weighted by molar-refractivity contribution is 5.96. The summed E-state index contributed by atoms with van der Waals surface area (Å²) < 4.78 is 11.0. The molecular formula is C23H29NO6. The fraction of sp³-hybridized carbons (Fsp3) is 0.478. The number of amides is 1. The van der Waals surface area contributed by atoms with Crippen molar-refractivity contribution in [1.29, 1.82) is 0 Å². The molecule has 1 fully saturated rings. The van der Waals surface area contributed by atoms with E-state index in [2.05, 4.69) is 6.92 Å². The summed E-state index contributed by atoms with van der Waals surface area (Å²) in [6.07, 6.45) is 3.74. The predicted molar refractivity (Wildman–Crippen MR) is 111 cm³/mol. The number of hydrogen-bond acceptors (Lipinski definition) is 5. The van der Waals surface area contributed by atoms with E-state index in [1.54, 1.807) is 11.0 Å². The minimum Gasteiger partial charge on any atom is -0.475 e. The Balaban J connectivity index is 1.79. The zero-order valence-corrected chi connectivity index (χ0v) is 17.4. The molecule has 3 atom stereocenters. The fourth-order valence-corrected chi connectivity index (χ4v) is 4.02. The van der Waals surface area contributed by atoms with Gasteiger partial charge in [-0.05, 0) is 42.7 Å². The summed E-state index contributed by atoms with van der Waals surface area (Å²) in [5.41, 5.74) is 1.55. The van der Waals surface area contributed by atoms with Crippen LogP contribution in [0.5, 0.6) is 0 Å². The first-order valence-corrected chi connectivity index (χ1v) is 10.4. The number of unbranched alkanes of at least 4 members (excludes halogenated alkanes) is 2. The molecule has 2 heterocycles. The second kappa shape index (κ2) is 9.91. The van der Waals surface area contributed by atoms with Gasteiger partial charge in [0, 0.05) is 19.2 Å². The van der Waals surface area contributed by atoms with Crippen molar-refractivity contribution >= 4 is 17.6 Å². The van der Waals surface area contributed by atoms with Crippen molar-refractivity contribution in [1.82, 2.24) is 0 Å². The molecule has 0 bridgehead atoms. The standard InChI is InChI=1S/C23H29NO6/c1-3-4-5-6-18(25)15-7-9-16(10-8-15)24-17(11-14-21(24)26)22(29-2)19-12-13-20(30-19)23(27)28/h7-10,12-13,17-18,22,25H,3-6,11,14H2,1-2H3,(H,27,28)/t17?,18?,22-/m1/s1. The van der Waals surface area contributed by atoms with Gasteiger partial charge < -0.3 is 24.3 Å².